The summed E-state index contributed by atoms with van der Waals surface area (Å²) in [6, 6.07) is 5.24. The lowest BCUT2D eigenvalue weighted by molar-refractivity contribution is -0.138. The highest BCUT2D eigenvalue weighted by atomic mass is 79.9. The number of unbranched alkanes of at least 4 members (excludes halogenated alkanes) is 9. The maximum Gasteiger partial charge on any atom is 0.325 e. The molecule has 0 aliphatic heterocycles. The Labute approximate surface area is 212 Å². The van der Waals surface area contributed by atoms with Gasteiger partial charge in [0.25, 0.3) is 0 Å². The molecule has 2 rings (SSSR count). The molecule has 0 aliphatic carbocycles. The molecule has 188 valence electrons. The molecule has 0 fully saturated rings. The van der Waals surface area contributed by atoms with Crippen LogP contribution in [-0.4, -0.2) is 49.0 Å². The number of thioether (sulfide) groups is 1. The molecule has 0 saturated carbocycles. The molecule has 0 bridgehead atoms. The maximum atomic E-state index is 12.1. The molecule has 0 amide bonds. The Kier molecular flexibility index (Phi) is 13.0. The fourth-order valence-corrected chi connectivity index (χ4v) is 4.80. The molecule has 1 aromatic heterocycles. The Morgan fingerprint density at radius 2 is 1.71 bits per heavy atom. The molecule has 0 spiro atoms. The highest BCUT2D eigenvalue weighted by molar-refractivity contribution is 9.10. The average Bonchev–Trinajstić information content (AvgIpc) is 3.22. The number of carboxylic acids is 2. The van der Waals surface area contributed by atoms with Crippen LogP contribution in [0, 0.1) is 0 Å². The van der Waals surface area contributed by atoms with E-state index in [1.165, 1.54) is 51.4 Å². The van der Waals surface area contributed by atoms with Crippen LogP contribution in [0.2, 0.25) is 0 Å². The topological polar surface area (TPSA) is 127 Å². The second kappa shape index (κ2) is 15.7. The Morgan fingerprint density at radius 1 is 1.06 bits per heavy atom. The lowest BCUT2D eigenvalue weighted by Gasteiger charge is -2.17. The minimum Gasteiger partial charge on any atom is -0.493 e. The van der Waals surface area contributed by atoms with Crippen LogP contribution in [0.5, 0.6) is 5.75 Å². The van der Waals surface area contributed by atoms with E-state index in [0.29, 0.717) is 22.4 Å². The average molecular weight is 558 g/mol. The molecule has 34 heavy (non-hydrogen) atoms. The zero-order chi connectivity index (χ0) is 24.8. The van der Waals surface area contributed by atoms with Crippen LogP contribution in [0.15, 0.2) is 27.8 Å². The summed E-state index contributed by atoms with van der Waals surface area (Å²) >= 11 is 4.27. The normalized spacial score (nSPS) is 11.9. The highest BCUT2D eigenvalue weighted by Crippen LogP contribution is 2.40. The Hall–Kier alpha value is -2.14. The number of rotatable bonds is 18. The fraction of sp³-hybridized carbons (Fsp3) is 0.609. The van der Waals surface area contributed by atoms with Crippen LogP contribution < -0.4 is 4.74 Å². The number of tetrazole rings is 1. The molecule has 9 nitrogen and oxygen atoms in total. The monoisotopic (exact) mass is 556 g/mol. The van der Waals surface area contributed by atoms with E-state index in [9.17, 15) is 14.7 Å². The minimum atomic E-state index is -1.12. The zero-order valence-electron chi connectivity index (χ0n) is 19.5. The van der Waals surface area contributed by atoms with Gasteiger partial charge >= 0.3 is 11.9 Å². The predicted molar refractivity (Wildman–Crippen MR) is 133 cm³/mol. The van der Waals surface area contributed by atoms with Gasteiger partial charge in [0.1, 0.15) is 17.5 Å². The van der Waals surface area contributed by atoms with Gasteiger partial charge in [-0.3, -0.25) is 9.59 Å². The van der Waals surface area contributed by atoms with E-state index in [1.54, 1.807) is 18.2 Å². The number of carbonyl (C=O) groups is 2. The van der Waals surface area contributed by atoms with Crippen molar-refractivity contribution in [2.45, 2.75) is 88.1 Å². The van der Waals surface area contributed by atoms with Gasteiger partial charge in [0.05, 0.1) is 6.61 Å². The SMILES string of the molecule is CCCCCCCCCCCCOc1ccc(Br)cc1C(Sc1nnnn1CC(=O)O)C(=O)O. The van der Waals surface area contributed by atoms with Gasteiger partial charge in [-0.15, -0.1) is 5.10 Å². The molecular weight excluding hydrogens is 524 g/mol. The smallest absolute Gasteiger partial charge is 0.325 e. The van der Waals surface area contributed by atoms with E-state index < -0.39 is 23.7 Å². The molecular formula is C23H33BrN4O5S. The van der Waals surface area contributed by atoms with Crippen molar-refractivity contribution in [2.75, 3.05) is 6.61 Å². The zero-order valence-corrected chi connectivity index (χ0v) is 21.9. The summed E-state index contributed by atoms with van der Waals surface area (Å²) in [4.78, 5) is 23.1. The van der Waals surface area contributed by atoms with Gasteiger partial charge in [0.15, 0.2) is 0 Å². The van der Waals surface area contributed by atoms with Crippen molar-refractivity contribution >= 4 is 39.6 Å². The summed E-state index contributed by atoms with van der Waals surface area (Å²) in [7, 11) is 0. The van der Waals surface area contributed by atoms with Gasteiger partial charge in [0.2, 0.25) is 5.16 Å². The van der Waals surface area contributed by atoms with E-state index >= 15 is 0 Å². The number of nitrogens with zero attached hydrogens (tertiary/aromatic N) is 4. The number of aliphatic carboxylic acids is 2. The summed E-state index contributed by atoms with van der Waals surface area (Å²) in [5.41, 5.74) is 0.462. The predicted octanol–water partition coefficient (Wildman–Crippen LogP) is 5.74. The summed E-state index contributed by atoms with van der Waals surface area (Å²) in [6.45, 7) is 2.27. The van der Waals surface area contributed by atoms with Crippen molar-refractivity contribution in [3.05, 3.63) is 28.2 Å². The summed E-state index contributed by atoms with van der Waals surface area (Å²) in [5, 5.41) is 28.8. The second-order valence-electron chi connectivity index (χ2n) is 8.06. The summed E-state index contributed by atoms with van der Waals surface area (Å²) < 4.78 is 7.73. The number of carboxylic acid groups (broad SMARTS) is 2. The number of benzene rings is 1. The van der Waals surface area contributed by atoms with Crippen LogP contribution in [-0.2, 0) is 16.1 Å². The molecule has 1 heterocycles. The first-order chi connectivity index (χ1) is 16.4. The quantitative estimate of drug-likeness (QED) is 0.174. The summed E-state index contributed by atoms with van der Waals surface area (Å²) in [6.07, 6.45) is 12.2. The van der Waals surface area contributed by atoms with Crippen LogP contribution in [0.25, 0.3) is 0 Å². The van der Waals surface area contributed by atoms with E-state index in [0.717, 1.165) is 29.3 Å². The van der Waals surface area contributed by atoms with Gasteiger partial charge in [-0.2, -0.15) is 0 Å². The lowest BCUT2D eigenvalue weighted by atomic mass is 10.1. The van der Waals surface area contributed by atoms with Crippen molar-refractivity contribution in [3.8, 4) is 5.75 Å². The van der Waals surface area contributed by atoms with Crippen LogP contribution in [0.1, 0.15) is 81.9 Å². The third-order valence-corrected chi connectivity index (χ3v) is 6.93. The third-order valence-electron chi connectivity index (χ3n) is 5.24. The lowest BCUT2D eigenvalue weighted by Crippen LogP contribution is -2.14. The summed E-state index contributed by atoms with van der Waals surface area (Å²) in [5.74, 6) is -1.74. The molecule has 11 heteroatoms. The first kappa shape index (κ1) is 28.1. The first-order valence-electron chi connectivity index (χ1n) is 11.7. The molecule has 2 aromatic rings. The molecule has 1 aromatic carbocycles. The number of ether oxygens (including phenoxy) is 1. The first-order valence-corrected chi connectivity index (χ1v) is 13.4. The third kappa shape index (κ3) is 10.0. The van der Waals surface area contributed by atoms with Crippen LogP contribution in [0.3, 0.4) is 0 Å². The molecule has 2 N–H and O–H groups in total. The Bertz CT molecular complexity index is 911. The van der Waals surface area contributed by atoms with E-state index in [2.05, 4.69) is 38.4 Å². The van der Waals surface area contributed by atoms with Gasteiger partial charge in [0, 0.05) is 10.0 Å². The van der Waals surface area contributed by atoms with E-state index in [1.807, 2.05) is 0 Å². The van der Waals surface area contributed by atoms with E-state index in [4.69, 9.17) is 9.84 Å². The van der Waals surface area contributed by atoms with Gasteiger partial charge < -0.3 is 14.9 Å². The number of halogens is 1. The van der Waals surface area contributed by atoms with Crippen molar-refractivity contribution < 1.29 is 24.5 Å². The Balaban J connectivity index is 1.90. The molecule has 0 saturated heterocycles. The maximum absolute atomic E-state index is 12.1. The second-order valence-corrected chi connectivity index (χ2v) is 10.0. The van der Waals surface area contributed by atoms with Crippen molar-refractivity contribution in [3.63, 3.8) is 0 Å². The fourth-order valence-electron chi connectivity index (χ4n) is 3.49. The largest absolute Gasteiger partial charge is 0.493 e. The van der Waals surface area contributed by atoms with Crippen molar-refractivity contribution in [1.29, 1.82) is 0 Å². The Morgan fingerprint density at radius 3 is 2.32 bits per heavy atom. The number of hydrogen-bond donors (Lipinski definition) is 2. The van der Waals surface area contributed by atoms with Crippen LogP contribution in [0.4, 0.5) is 0 Å². The van der Waals surface area contributed by atoms with Crippen molar-refractivity contribution in [2.24, 2.45) is 0 Å². The van der Waals surface area contributed by atoms with Crippen molar-refractivity contribution in [1.82, 2.24) is 20.2 Å². The number of hydrogen-bond acceptors (Lipinski definition) is 7. The molecule has 1 atom stereocenters. The molecule has 0 radical (unpaired) electrons. The standard InChI is InChI=1S/C23H33BrN4O5S/c1-2-3-4-5-6-7-8-9-10-11-14-33-19-13-12-17(24)15-18(19)21(22(31)32)34-23-25-26-27-28(23)16-20(29)30/h12-13,15,21H,2-11,14,16H2,1H3,(H,29,30)(H,31,32). The van der Waals surface area contributed by atoms with Gasteiger partial charge in [-0.25, -0.2) is 4.68 Å². The van der Waals surface area contributed by atoms with E-state index in [-0.39, 0.29) is 5.16 Å². The highest BCUT2D eigenvalue weighted by Gasteiger charge is 2.28. The molecule has 0 aliphatic rings. The number of aromatic nitrogens is 4. The van der Waals surface area contributed by atoms with Crippen LogP contribution >= 0.6 is 27.7 Å². The van der Waals surface area contributed by atoms with Gasteiger partial charge in [-0.05, 0) is 35.0 Å². The molecule has 1 unspecified atom stereocenters. The minimum absolute atomic E-state index is 0.107. The van der Waals surface area contributed by atoms with Gasteiger partial charge in [-0.1, -0.05) is 92.4 Å².